The Morgan fingerprint density at radius 1 is 1.21 bits per heavy atom. The molecule has 1 aromatic carbocycles. The number of rotatable bonds is 4. The van der Waals surface area contributed by atoms with Gasteiger partial charge in [0.15, 0.2) is 0 Å². The van der Waals surface area contributed by atoms with E-state index in [1.807, 2.05) is 18.2 Å². The summed E-state index contributed by atoms with van der Waals surface area (Å²) in [6, 6.07) is 6.21. The summed E-state index contributed by atoms with van der Waals surface area (Å²) in [4.78, 5) is 0. The number of benzene rings is 1. The monoisotopic (exact) mass is 299 g/mol. The lowest BCUT2D eigenvalue weighted by atomic mass is 9.69. The van der Waals surface area contributed by atoms with Crippen LogP contribution in [0.25, 0.3) is 0 Å². The Labute approximate surface area is 126 Å². The van der Waals surface area contributed by atoms with Gasteiger partial charge in [-0.15, -0.1) is 0 Å². The van der Waals surface area contributed by atoms with Gasteiger partial charge in [-0.2, -0.15) is 0 Å². The maximum atomic E-state index is 6.30. The minimum Gasteiger partial charge on any atom is -0.316 e. The zero-order valence-corrected chi connectivity index (χ0v) is 13.3. The van der Waals surface area contributed by atoms with Crippen molar-refractivity contribution in [2.24, 2.45) is 5.41 Å². The fraction of sp³-hybridized carbons (Fsp3) is 0.625. The molecule has 1 N–H and O–H groups in total. The van der Waals surface area contributed by atoms with Crippen molar-refractivity contribution < 1.29 is 0 Å². The van der Waals surface area contributed by atoms with Crippen LogP contribution >= 0.6 is 23.2 Å². The van der Waals surface area contributed by atoms with E-state index in [2.05, 4.69) is 19.3 Å². The quantitative estimate of drug-likeness (QED) is 0.816. The molecule has 1 aliphatic carbocycles. The lowest BCUT2D eigenvalue weighted by molar-refractivity contribution is 0.149. The highest BCUT2D eigenvalue weighted by Crippen LogP contribution is 2.40. The highest BCUT2D eigenvalue weighted by atomic mass is 35.5. The first-order valence-electron chi connectivity index (χ1n) is 7.16. The number of likely N-dealkylation sites (N-methyl/N-ethyl adjacent to an activating group) is 1. The second-order valence-corrected chi connectivity index (χ2v) is 6.84. The summed E-state index contributed by atoms with van der Waals surface area (Å²) >= 11 is 12.4. The molecule has 19 heavy (non-hydrogen) atoms. The van der Waals surface area contributed by atoms with Crippen molar-refractivity contribution in [3.8, 4) is 0 Å². The average molecular weight is 300 g/mol. The molecular formula is C16H23Cl2N. The van der Waals surface area contributed by atoms with E-state index in [1.54, 1.807) is 0 Å². The Kier molecular flexibility index (Phi) is 5.16. The molecule has 1 fully saturated rings. The standard InChI is InChI=1S/C16H23Cl2N/c1-16(8-4-3-5-9-16)15(19-2)11-12-10-13(17)6-7-14(12)18/h6-7,10,15,19H,3-5,8-9,11H2,1-2H3. The number of halogens is 2. The maximum absolute atomic E-state index is 6.30. The van der Waals surface area contributed by atoms with Crippen LogP contribution in [0.3, 0.4) is 0 Å². The molecule has 0 radical (unpaired) electrons. The Balaban J connectivity index is 2.16. The van der Waals surface area contributed by atoms with Crippen LogP contribution in [0, 0.1) is 5.41 Å². The lowest BCUT2D eigenvalue weighted by Crippen LogP contribution is -2.44. The first kappa shape index (κ1) is 15.2. The van der Waals surface area contributed by atoms with Gasteiger partial charge in [-0.25, -0.2) is 0 Å². The van der Waals surface area contributed by atoms with E-state index in [4.69, 9.17) is 23.2 Å². The maximum Gasteiger partial charge on any atom is 0.0439 e. The van der Waals surface area contributed by atoms with Gasteiger partial charge < -0.3 is 5.32 Å². The first-order valence-corrected chi connectivity index (χ1v) is 7.92. The summed E-state index contributed by atoms with van der Waals surface area (Å²) in [6.07, 6.45) is 7.62. The van der Waals surface area contributed by atoms with Crippen LogP contribution in [0.4, 0.5) is 0 Å². The zero-order chi connectivity index (χ0) is 13.9. The summed E-state index contributed by atoms with van der Waals surface area (Å²) in [7, 11) is 2.06. The number of nitrogens with one attached hydrogen (secondary N) is 1. The van der Waals surface area contributed by atoms with Gasteiger partial charge in [0.1, 0.15) is 0 Å². The van der Waals surface area contributed by atoms with Crippen LogP contribution in [0.15, 0.2) is 18.2 Å². The zero-order valence-electron chi connectivity index (χ0n) is 11.8. The molecule has 0 heterocycles. The predicted molar refractivity (Wildman–Crippen MR) is 84.2 cm³/mol. The smallest absolute Gasteiger partial charge is 0.0439 e. The van der Waals surface area contributed by atoms with Crippen molar-refractivity contribution in [1.29, 1.82) is 0 Å². The van der Waals surface area contributed by atoms with Gasteiger partial charge in [-0.3, -0.25) is 0 Å². The molecule has 3 heteroatoms. The molecule has 1 atom stereocenters. The van der Waals surface area contributed by atoms with E-state index in [0.29, 0.717) is 11.5 Å². The molecule has 1 aromatic rings. The normalized spacial score (nSPS) is 20.2. The van der Waals surface area contributed by atoms with E-state index >= 15 is 0 Å². The van der Waals surface area contributed by atoms with Crippen LogP contribution in [-0.4, -0.2) is 13.1 Å². The van der Waals surface area contributed by atoms with Gasteiger partial charge in [0, 0.05) is 16.1 Å². The second kappa shape index (κ2) is 6.47. The third-order valence-corrected chi connectivity index (χ3v) is 5.22. The largest absolute Gasteiger partial charge is 0.316 e. The Morgan fingerprint density at radius 2 is 1.89 bits per heavy atom. The van der Waals surface area contributed by atoms with Crippen LogP contribution in [0.5, 0.6) is 0 Å². The molecule has 0 aromatic heterocycles. The Hall–Kier alpha value is -0.240. The van der Waals surface area contributed by atoms with Crippen molar-refractivity contribution >= 4 is 23.2 Å². The van der Waals surface area contributed by atoms with E-state index in [9.17, 15) is 0 Å². The third-order valence-electron chi connectivity index (χ3n) is 4.62. The third kappa shape index (κ3) is 3.65. The summed E-state index contributed by atoms with van der Waals surface area (Å²) in [5, 5.41) is 5.10. The molecule has 0 amide bonds. The van der Waals surface area contributed by atoms with Crippen molar-refractivity contribution in [3.05, 3.63) is 33.8 Å². The summed E-state index contributed by atoms with van der Waals surface area (Å²) < 4.78 is 0. The highest BCUT2D eigenvalue weighted by molar-refractivity contribution is 6.33. The van der Waals surface area contributed by atoms with Crippen molar-refractivity contribution in [2.75, 3.05) is 7.05 Å². The highest BCUT2D eigenvalue weighted by Gasteiger charge is 2.34. The molecule has 0 spiro atoms. The van der Waals surface area contributed by atoms with Crippen LogP contribution < -0.4 is 5.32 Å². The second-order valence-electron chi connectivity index (χ2n) is 6.00. The van der Waals surface area contributed by atoms with Crippen molar-refractivity contribution in [3.63, 3.8) is 0 Å². The number of hydrogen-bond donors (Lipinski definition) is 1. The predicted octanol–water partition coefficient (Wildman–Crippen LogP) is 5.09. The van der Waals surface area contributed by atoms with Gasteiger partial charge in [0.25, 0.3) is 0 Å². The topological polar surface area (TPSA) is 12.0 Å². The minimum absolute atomic E-state index is 0.374. The summed E-state index contributed by atoms with van der Waals surface area (Å²) in [5.74, 6) is 0. The van der Waals surface area contributed by atoms with Gasteiger partial charge >= 0.3 is 0 Å². The molecule has 1 nitrogen and oxygen atoms in total. The van der Waals surface area contributed by atoms with Crippen LogP contribution in [0.2, 0.25) is 10.0 Å². The average Bonchev–Trinajstić information content (AvgIpc) is 2.40. The van der Waals surface area contributed by atoms with Gasteiger partial charge in [-0.05, 0) is 55.5 Å². The minimum atomic E-state index is 0.374. The van der Waals surface area contributed by atoms with Gasteiger partial charge in [0.2, 0.25) is 0 Å². The summed E-state index contributed by atoms with van der Waals surface area (Å²) in [6.45, 7) is 2.41. The SMILES string of the molecule is CNC(Cc1cc(Cl)ccc1Cl)C1(C)CCCCC1. The summed E-state index contributed by atoms with van der Waals surface area (Å²) in [5.41, 5.74) is 1.53. The van der Waals surface area contributed by atoms with Crippen molar-refractivity contribution in [2.45, 2.75) is 51.5 Å². The van der Waals surface area contributed by atoms with E-state index in [1.165, 1.54) is 32.1 Å². The molecule has 1 unspecified atom stereocenters. The molecular weight excluding hydrogens is 277 g/mol. The molecule has 0 saturated heterocycles. The lowest BCUT2D eigenvalue weighted by Gasteiger charge is -2.41. The van der Waals surface area contributed by atoms with Gasteiger partial charge in [-0.1, -0.05) is 49.4 Å². The molecule has 0 bridgehead atoms. The molecule has 1 saturated carbocycles. The fourth-order valence-electron chi connectivity index (χ4n) is 3.32. The number of hydrogen-bond acceptors (Lipinski definition) is 1. The fourth-order valence-corrected chi connectivity index (χ4v) is 3.71. The Morgan fingerprint density at radius 3 is 2.53 bits per heavy atom. The van der Waals surface area contributed by atoms with Crippen LogP contribution in [-0.2, 0) is 6.42 Å². The Bertz CT molecular complexity index is 425. The van der Waals surface area contributed by atoms with Gasteiger partial charge in [0.05, 0.1) is 0 Å². The van der Waals surface area contributed by atoms with E-state index < -0.39 is 0 Å². The van der Waals surface area contributed by atoms with Crippen LogP contribution in [0.1, 0.15) is 44.6 Å². The first-order chi connectivity index (χ1) is 9.05. The molecule has 0 aliphatic heterocycles. The molecule has 1 aliphatic rings. The van der Waals surface area contributed by atoms with E-state index in [0.717, 1.165) is 22.0 Å². The van der Waals surface area contributed by atoms with E-state index in [-0.39, 0.29) is 0 Å². The van der Waals surface area contributed by atoms with Crippen molar-refractivity contribution in [1.82, 2.24) is 5.32 Å². The molecule has 106 valence electrons. The molecule has 2 rings (SSSR count).